The highest BCUT2D eigenvalue weighted by Gasteiger charge is 2.40. The van der Waals surface area contributed by atoms with E-state index in [-0.39, 0.29) is 17.3 Å². The van der Waals surface area contributed by atoms with Crippen molar-refractivity contribution in [2.24, 2.45) is 0 Å². The van der Waals surface area contributed by atoms with Gasteiger partial charge in [-0.3, -0.25) is 10.1 Å². The molecule has 0 fully saturated rings. The first-order chi connectivity index (χ1) is 13.0. The molecule has 27 heavy (non-hydrogen) atoms. The summed E-state index contributed by atoms with van der Waals surface area (Å²) in [5.41, 5.74) is 0.723. The maximum Gasteiger partial charge on any atom is 0.317 e. The van der Waals surface area contributed by atoms with Gasteiger partial charge in [0, 0.05) is 12.6 Å². The van der Waals surface area contributed by atoms with Crippen molar-refractivity contribution >= 4 is 10.8 Å². The van der Waals surface area contributed by atoms with Crippen molar-refractivity contribution in [1.29, 1.82) is 0 Å². The number of phenolic OH excluding ortho intramolecular Hbond substituents is 1. The topological polar surface area (TPSA) is 84.6 Å². The highest BCUT2D eigenvalue weighted by atomic mass is 19.1. The van der Waals surface area contributed by atoms with Crippen molar-refractivity contribution in [3.8, 4) is 11.5 Å². The molecule has 0 aliphatic carbocycles. The first-order valence-electron chi connectivity index (χ1n) is 8.25. The number of rotatable bonds is 3. The summed E-state index contributed by atoms with van der Waals surface area (Å²) in [6.07, 6.45) is 0. The molecule has 4 rings (SSSR count). The predicted molar refractivity (Wildman–Crippen MR) is 97.6 cm³/mol. The Morgan fingerprint density at radius 3 is 2.67 bits per heavy atom. The Bertz CT molecular complexity index is 1110. The molecular weight excluding hydrogens is 351 g/mol. The van der Waals surface area contributed by atoms with E-state index in [0.29, 0.717) is 22.3 Å². The van der Waals surface area contributed by atoms with Crippen LogP contribution in [0.2, 0.25) is 0 Å². The molecule has 3 aromatic carbocycles. The predicted octanol–water partition coefficient (Wildman–Crippen LogP) is 3.87. The summed E-state index contributed by atoms with van der Waals surface area (Å²) in [5.74, 6) is -0.914. The van der Waals surface area contributed by atoms with Gasteiger partial charge in [-0.1, -0.05) is 24.3 Å². The number of nitrogens with one attached hydrogen (secondary N) is 1. The summed E-state index contributed by atoms with van der Waals surface area (Å²) in [4.78, 5) is 11.4. The number of aromatic hydroxyl groups is 1. The van der Waals surface area contributed by atoms with E-state index in [4.69, 9.17) is 4.74 Å². The fraction of sp³-hybridized carbons (Fsp3) is 0.100. The van der Waals surface area contributed by atoms with E-state index in [9.17, 15) is 19.6 Å². The van der Waals surface area contributed by atoms with Gasteiger partial charge in [-0.05, 0) is 46.7 Å². The molecule has 0 amide bonds. The van der Waals surface area contributed by atoms with Crippen LogP contribution in [-0.4, -0.2) is 17.1 Å². The number of phenols is 1. The third-order valence-electron chi connectivity index (χ3n) is 4.62. The minimum atomic E-state index is -0.868. The van der Waals surface area contributed by atoms with Gasteiger partial charge in [0.2, 0.25) is 0 Å². The van der Waals surface area contributed by atoms with E-state index >= 15 is 0 Å². The van der Waals surface area contributed by atoms with Crippen LogP contribution in [0.5, 0.6) is 11.5 Å². The number of hydrogen-bond donors (Lipinski definition) is 2. The molecule has 1 aliphatic heterocycles. The summed E-state index contributed by atoms with van der Waals surface area (Å²) in [6, 6.07) is 14.0. The van der Waals surface area contributed by atoms with Crippen molar-refractivity contribution < 1.29 is 19.2 Å². The molecule has 0 aromatic heterocycles. The van der Waals surface area contributed by atoms with Gasteiger partial charge in [0.25, 0.3) is 5.88 Å². The first-order valence-corrected chi connectivity index (χ1v) is 8.25. The minimum absolute atomic E-state index is 0.00117. The highest BCUT2D eigenvalue weighted by Crippen LogP contribution is 2.46. The minimum Gasteiger partial charge on any atom is -0.508 e. The average molecular weight is 366 g/mol. The molecule has 0 spiro atoms. The Morgan fingerprint density at radius 2 is 1.96 bits per heavy atom. The van der Waals surface area contributed by atoms with Crippen LogP contribution in [0, 0.1) is 15.9 Å². The number of halogens is 1. The molecule has 3 aromatic rings. The van der Waals surface area contributed by atoms with Gasteiger partial charge < -0.3 is 15.2 Å². The number of nitro groups is 1. The number of fused-ring (bicyclic) bond motifs is 3. The van der Waals surface area contributed by atoms with Gasteiger partial charge in [0.05, 0.1) is 4.92 Å². The Hall–Kier alpha value is -3.61. The van der Waals surface area contributed by atoms with Gasteiger partial charge in [-0.25, -0.2) is 4.39 Å². The fourth-order valence-corrected chi connectivity index (χ4v) is 3.51. The monoisotopic (exact) mass is 366 g/mol. The summed E-state index contributed by atoms with van der Waals surface area (Å²) in [6.45, 7) is 0. The standard InChI is InChI=1S/C20H15FN2O4/c1-22-20-19(23(25)26)17(12-3-2-4-13(21)9-12)18-15-10-14(24)7-5-11(15)6-8-16(18)27-20/h2-10,17,22,24H,1H3. The molecule has 1 unspecified atom stereocenters. The molecule has 0 bridgehead atoms. The SMILES string of the molecule is CNC1=C([N+](=O)[O-])C(c2cccc(F)c2)c2c(ccc3ccc(O)cc23)O1. The maximum absolute atomic E-state index is 13.9. The van der Waals surface area contributed by atoms with Gasteiger partial charge in [-0.2, -0.15) is 0 Å². The molecule has 2 N–H and O–H groups in total. The molecule has 0 saturated carbocycles. The lowest BCUT2D eigenvalue weighted by Gasteiger charge is -2.27. The molecule has 6 nitrogen and oxygen atoms in total. The number of ether oxygens (including phenoxy) is 1. The number of benzene rings is 3. The molecule has 0 radical (unpaired) electrons. The largest absolute Gasteiger partial charge is 0.508 e. The smallest absolute Gasteiger partial charge is 0.317 e. The summed E-state index contributed by atoms with van der Waals surface area (Å²) < 4.78 is 19.6. The Kier molecular flexibility index (Phi) is 3.92. The molecule has 1 aliphatic rings. The van der Waals surface area contributed by atoms with Gasteiger partial charge in [0.15, 0.2) is 0 Å². The lowest BCUT2D eigenvalue weighted by Crippen LogP contribution is -2.28. The number of hydrogen-bond acceptors (Lipinski definition) is 5. The average Bonchev–Trinajstić information content (AvgIpc) is 2.65. The van der Waals surface area contributed by atoms with Crippen molar-refractivity contribution in [3.63, 3.8) is 0 Å². The Balaban J connectivity index is 2.10. The number of allylic oxidation sites excluding steroid dienone is 1. The molecule has 7 heteroatoms. The lowest BCUT2D eigenvalue weighted by molar-refractivity contribution is -0.432. The van der Waals surface area contributed by atoms with E-state index in [1.54, 1.807) is 30.3 Å². The van der Waals surface area contributed by atoms with Crippen LogP contribution in [0.15, 0.2) is 66.2 Å². The van der Waals surface area contributed by atoms with Crippen LogP contribution in [0.4, 0.5) is 4.39 Å². The molecule has 0 saturated heterocycles. The first kappa shape index (κ1) is 16.8. The second-order valence-corrected chi connectivity index (χ2v) is 6.19. The van der Waals surface area contributed by atoms with Crippen molar-refractivity contribution in [3.05, 3.63) is 93.2 Å². The number of nitrogens with zero attached hydrogens (tertiary/aromatic N) is 1. The quantitative estimate of drug-likeness (QED) is 0.543. The molecular formula is C20H15FN2O4. The second kappa shape index (κ2) is 6.28. The van der Waals surface area contributed by atoms with E-state index in [1.165, 1.54) is 31.3 Å². The van der Waals surface area contributed by atoms with Crippen LogP contribution >= 0.6 is 0 Å². The molecule has 136 valence electrons. The van der Waals surface area contributed by atoms with Gasteiger partial charge in [0.1, 0.15) is 23.2 Å². The normalized spacial score (nSPS) is 16.0. The van der Waals surface area contributed by atoms with E-state index in [0.717, 1.165) is 5.39 Å². The van der Waals surface area contributed by atoms with E-state index < -0.39 is 16.7 Å². The van der Waals surface area contributed by atoms with Crippen LogP contribution in [-0.2, 0) is 0 Å². The van der Waals surface area contributed by atoms with Crippen LogP contribution in [0.3, 0.4) is 0 Å². The summed E-state index contributed by atoms with van der Waals surface area (Å²) >= 11 is 0. The summed E-state index contributed by atoms with van der Waals surface area (Å²) in [7, 11) is 1.53. The third kappa shape index (κ3) is 2.73. The van der Waals surface area contributed by atoms with Crippen LogP contribution < -0.4 is 10.1 Å². The Labute approximate surface area is 153 Å². The van der Waals surface area contributed by atoms with Crippen molar-refractivity contribution in [2.45, 2.75) is 5.92 Å². The zero-order valence-electron chi connectivity index (χ0n) is 14.3. The van der Waals surface area contributed by atoms with Crippen molar-refractivity contribution in [1.82, 2.24) is 5.32 Å². The van der Waals surface area contributed by atoms with E-state index in [1.807, 2.05) is 0 Å². The zero-order chi connectivity index (χ0) is 19.1. The summed E-state index contributed by atoms with van der Waals surface area (Å²) in [5, 5.41) is 26.0. The van der Waals surface area contributed by atoms with Crippen molar-refractivity contribution in [2.75, 3.05) is 7.05 Å². The zero-order valence-corrected chi connectivity index (χ0v) is 14.3. The maximum atomic E-state index is 13.9. The van der Waals surface area contributed by atoms with Gasteiger partial charge >= 0.3 is 5.70 Å². The molecule has 1 heterocycles. The fourth-order valence-electron chi connectivity index (χ4n) is 3.51. The Morgan fingerprint density at radius 1 is 1.19 bits per heavy atom. The van der Waals surface area contributed by atoms with Crippen LogP contribution in [0.25, 0.3) is 10.8 Å². The highest BCUT2D eigenvalue weighted by molar-refractivity contribution is 5.90. The lowest BCUT2D eigenvalue weighted by atomic mass is 9.83. The van der Waals surface area contributed by atoms with Crippen LogP contribution in [0.1, 0.15) is 17.0 Å². The third-order valence-corrected chi connectivity index (χ3v) is 4.62. The van der Waals surface area contributed by atoms with Gasteiger partial charge in [-0.15, -0.1) is 0 Å². The second-order valence-electron chi connectivity index (χ2n) is 6.19. The van der Waals surface area contributed by atoms with E-state index in [2.05, 4.69) is 5.32 Å². The molecule has 1 atom stereocenters.